The van der Waals surface area contributed by atoms with Crippen LogP contribution in [0.1, 0.15) is 32.8 Å². The fourth-order valence-corrected chi connectivity index (χ4v) is 4.40. The number of carbonyl (C=O) groups excluding carboxylic acids is 1. The van der Waals surface area contributed by atoms with Crippen molar-refractivity contribution < 1.29 is 4.79 Å². The first-order valence-corrected chi connectivity index (χ1v) is 8.59. The van der Waals surface area contributed by atoms with Gasteiger partial charge in [0.2, 0.25) is 0 Å². The maximum absolute atomic E-state index is 12.8. The largest absolute Gasteiger partial charge is 0.348 e. The number of hydrogen-bond acceptors (Lipinski definition) is 3. The summed E-state index contributed by atoms with van der Waals surface area (Å²) in [5, 5.41) is 4.09. The molecule has 1 N–H and O–H groups in total. The third-order valence-corrected chi connectivity index (χ3v) is 5.48. The molecule has 0 aromatic carbocycles. The molecule has 5 heteroatoms. The van der Waals surface area contributed by atoms with Gasteiger partial charge in [-0.15, -0.1) is 11.3 Å². The minimum atomic E-state index is 0.0184. The molecular weight excluding hydrogens is 306 g/mol. The molecule has 0 bridgehead atoms. The minimum absolute atomic E-state index is 0.0184. The van der Waals surface area contributed by atoms with E-state index in [1.165, 1.54) is 10.4 Å². The molecule has 0 saturated heterocycles. The average Bonchev–Trinajstić information content (AvgIpc) is 3.29. The molecule has 4 rings (SSSR count). The van der Waals surface area contributed by atoms with Gasteiger partial charge in [0.15, 0.2) is 0 Å². The summed E-state index contributed by atoms with van der Waals surface area (Å²) in [5.74, 6) is 0.0184. The lowest BCUT2D eigenvalue weighted by Crippen LogP contribution is -2.24. The Hall–Kier alpha value is -2.40. The van der Waals surface area contributed by atoms with E-state index < -0.39 is 0 Å². The van der Waals surface area contributed by atoms with Crippen molar-refractivity contribution in [2.75, 3.05) is 0 Å². The van der Waals surface area contributed by atoms with Crippen LogP contribution in [-0.4, -0.2) is 15.5 Å². The van der Waals surface area contributed by atoms with Crippen LogP contribution in [-0.2, 0) is 19.4 Å². The molecule has 0 fully saturated rings. The highest BCUT2D eigenvalue weighted by molar-refractivity contribution is 7.15. The third kappa shape index (κ3) is 2.68. The van der Waals surface area contributed by atoms with Gasteiger partial charge in [-0.2, -0.15) is 0 Å². The lowest BCUT2D eigenvalue weighted by Gasteiger charge is -2.09. The Morgan fingerprint density at radius 1 is 1.22 bits per heavy atom. The van der Waals surface area contributed by atoms with Crippen LogP contribution in [0.2, 0.25) is 0 Å². The van der Waals surface area contributed by atoms with Crippen molar-refractivity contribution in [3.8, 4) is 5.00 Å². The Balaban J connectivity index is 1.63. The van der Waals surface area contributed by atoms with Crippen LogP contribution >= 0.6 is 11.3 Å². The number of carbonyl (C=O) groups is 1. The summed E-state index contributed by atoms with van der Waals surface area (Å²) in [6.07, 6.45) is 10.7. The fraction of sp³-hybridized carbons (Fsp3) is 0.222. The summed E-state index contributed by atoms with van der Waals surface area (Å²) >= 11 is 1.75. The Morgan fingerprint density at radius 3 is 2.78 bits per heavy atom. The van der Waals surface area contributed by atoms with Gasteiger partial charge in [0, 0.05) is 36.2 Å². The van der Waals surface area contributed by atoms with Crippen LogP contribution in [0.15, 0.2) is 49.1 Å². The monoisotopic (exact) mass is 323 g/mol. The van der Waals surface area contributed by atoms with E-state index in [2.05, 4.69) is 10.3 Å². The Bertz CT molecular complexity index is 822. The zero-order chi connectivity index (χ0) is 15.6. The number of pyridine rings is 1. The second-order valence-corrected chi connectivity index (χ2v) is 6.75. The fourth-order valence-electron chi connectivity index (χ4n) is 3.05. The predicted octanol–water partition coefficient (Wildman–Crippen LogP) is 3.35. The molecule has 116 valence electrons. The average molecular weight is 323 g/mol. The summed E-state index contributed by atoms with van der Waals surface area (Å²) in [5.41, 5.74) is 3.15. The van der Waals surface area contributed by atoms with Crippen molar-refractivity contribution in [2.24, 2.45) is 0 Å². The van der Waals surface area contributed by atoms with E-state index in [9.17, 15) is 4.79 Å². The van der Waals surface area contributed by atoms with Gasteiger partial charge >= 0.3 is 0 Å². The molecule has 3 aromatic rings. The van der Waals surface area contributed by atoms with Crippen LogP contribution in [0.4, 0.5) is 0 Å². The topological polar surface area (TPSA) is 46.9 Å². The number of fused-ring (bicyclic) bond motifs is 1. The van der Waals surface area contributed by atoms with E-state index in [0.29, 0.717) is 6.54 Å². The molecule has 1 amide bonds. The van der Waals surface area contributed by atoms with Crippen LogP contribution in [0.25, 0.3) is 5.00 Å². The summed E-state index contributed by atoms with van der Waals surface area (Å²) in [6, 6.07) is 7.82. The molecule has 0 spiro atoms. The van der Waals surface area contributed by atoms with Crippen molar-refractivity contribution in [2.45, 2.75) is 25.8 Å². The van der Waals surface area contributed by atoms with Gasteiger partial charge in [-0.1, -0.05) is 0 Å². The van der Waals surface area contributed by atoms with Gasteiger partial charge in [0.25, 0.3) is 5.91 Å². The number of nitrogens with zero attached hydrogens (tertiary/aromatic N) is 2. The highest BCUT2D eigenvalue weighted by Crippen LogP contribution is 2.37. The van der Waals surface area contributed by atoms with Crippen molar-refractivity contribution in [3.05, 3.63) is 70.6 Å². The molecule has 0 saturated carbocycles. The lowest BCUT2D eigenvalue weighted by molar-refractivity contribution is 0.0950. The quantitative estimate of drug-likeness (QED) is 0.800. The molecule has 4 nitrogen and oxygen atoms in total. The molecule has 3 heterocycles. The van der Waals surface area contributed by atoms with Gasteiger partial charge in [-0.25, -0.2) is 0 Å². The third-order valence-electron chi connectivity index (χ3n) is 4.17. The summed E-state index contributed by atoms with van der Waals surface area (Å²) in [7, 11) is 0. The molecule has 0 radical (unpaired) electrons. The van der Waals surface area contributed by atoms with E-state index in [1.54, 1.807) is 23.7 Å². The first kappa shape index (κ1) is 14.2. The van der Waals surface area contributed by atoms with Gasteiger partial charge in [0.05, 0.1) is 5.56 Å². The predicted molar refractivity (Wildman–Crippen MR) is 91.1 cm³/mol. The highest BCUT2D eigenvalue weighted by atomic mass is 32.1. The van der Waals surface area contributed by atoms with Gasteiger partial charge in [0.1, 0.15) is 5.00 Å². The van der Waals surface area contributed by atoms with Gasteiger partial charge < -0.3 is 9.88 Å². The van der Waals surface area contributed by atoms with E-state index in [0.717, 1.165) is 35.4 Å². The molecule has 0 unspecified atom stereocenters. The van der Waals surface area contributed by atoms with Crippen LogP contribution in [0, 0.1) is 0 Å². The Kier molecular flexibility index (Phi) is 3.71. The van der Waals surface area contributed by atoms with Crippen molar-refractivity contribution in [1.82, 2.24) is 14.9 Å². The molecular formula is C18H17N3OS. The Morgan fingerprint density at radius 2 is 2.00 bits per heavy atom. The zero-order valence-electron chi connectivity index (χ0n) is 12.7. The second-order valence-electron chi connectivity index (χ2n) is 5.67. The standard InChI is InChI=1S/C18H17N3OS/c22-17(20-12-13-6-8-19-9-7-13)16-14-4-3-5-15(14)23-18(16)21-10-1-2-11-21/h1-2,6-11H,3-5,12H2,(H,20,22). The number of nitrogens with one attached hydrogen (secondary N) is 1. The van der Waals surface area contributed by atoms with E-state index in [1.807, 2.05) is 41.2 Å². The summed E-state index contributed by atoms with van der Waals surface area (Å²) in [4.78, 5) is 18.2. The summed E-state index contributed by atoms with van der Waals surface area (Å²) < 4.78 is 2.05. The zero-order valence-corrected chi connectivity index (χ0v) is 13.5. The van der Waals surface area contributed by atoms with Gasteiger partial charge in [-0.05, 0) is 54.7 Å². The first-order chi connectivity index (χ1) is 11.3. The SMILES string of the molecule is O=C(NCc1ccncc1)c1c(-n2cccc2)sc2c1CCC2. The number of aromatic nitrogens is 2. The number of thiophene rings is 1. The second kappa shape index (κ2) is 6.01. The van der Waals surface area contributed by atoms with Crippen LogP contribution in [0.5, 0.6) is 0 Å². The minimum Gasteiger partial charge on any atom is -0.348 e. The maximum atomic E-state index is 12.8. The Labute approximate surface area is 138 Å². The number of rotatable bonds is 4. The summed E-state index contributed by atoms with van der Waals surface area (Å²) in [6.45, 7) is 0.525. The van der Waals surface area contributed by atoms with Crippen molar-refractivity contribution in [1.29, 1.82) is 0 Å². The molecule has 1 aliphatic carbocycles. The van der Waals surface area contributed by atoms with Gasteiger partial charge in [-0.3, -0.25) is 9.78 Å². The number of hydrogen-bond donors (Lipinski definition) is 1. The molecule has 1 aliphatic rings. The maximum Gasteiger partial charge on any atom is 0.254 e. The number of aryl methyl sites for hydroxylation is 1. The smallest absolute Gasteiger partial charge is 0.254 e. The normalized spacial score (nSPS) is 13.0. The van der Waals surface area contributed by atoms with Crippen molar-refractivity contribution in [3.63, 3.8) is 0 Å². The van der Waals surface area contributed by atoms with Crippen LogP contribution < -0.4 is 5.32 Å². The molecule has 0 atom stereocenters. The van der Waals surface area contributed by atoms with E-state index in [-0.39, 0.29) is 5.91 Å². The lowest BCUT2D eigenvalue weighted by atomic mass is 10.1. The van der Waals surface area contributed by atoms with E-state index >= 15 is 0 Å². The molecule has 23 heavy (non-hydrogen) atoms. The van der Waals surface area contributed by atoms with E-state index in [4.69, 9.17) is 0 Å². The first-order valence-electron chi connectivity index (χ1n) is 7.78. The van der Waals surface area contributed by atoms with Crippen molar-refractivity contribution >= 4 is 17.2 Å². The highest BCUT2D eigenvalue weighted by Gasteiger charge is 2.27. The molecule has 3 aromatic heterocycles. The van der Waals surface area contributed by atoms with Crippen LogP contribution in [0.3, 0.4) is 0 Å². The molecule has 0 aliphatic heterocycles. The number of amides is 1.